The van der Waals surface area contributed by atoms with Crippen molar-refractivity contribution in [1.29, 1.82) is 0 Å². The van der Waals surface area contributed by atoms with E-state index in [9.17, 15) is 0 Å². The predicted octanol–water partition coefficient (Wildman–Crippen LogP) is 3.53. The second kappa shape index (κ2) is 6.58. The molecule has 0 amide bonds. The molecule has 0 saturated heterocycles. The van der Waals surface area contributed by atoms with E-state index in [1.807, 2.05) is 31.4 Å². The van der Waals surface area contributed by atoms with Crippen LogP contribution in [0.4, 0.5) is 0 Å². The number of thiazole rings is 1. The summed E-state index contributed by atoms with van der Waals surface area (Å²) in [5.41, 5.74) is 2.11. The van der Waals surface area contributed by atoms with Gasteiger partial charge in [0.05, 0.1) is 5.69 Å². The summed E-state index contributed by atoms with van der Waals surface area (Å²) < 4.78 is 1.09. The fourth-order valence-corrected chi connectivity index (χ4v) is 2.32. The fourth-order valence-electron chi connectivity index (χ4n) is 1.04. The molecule has 0 radical (unpaired) electrons. The van der Waals surface area contributed by atoms with Gasteiger partial charge in [-0.2, -0.15) is 0 Å². The van der Waals surface area contributed by atoms with Crippen LogP contribution in [-0.4, -0.2) is 24.5 Å². The molecule has 0 spiro atoms. The quantitative estimate of drug-likeness (QED) is 0.455. The van der Waals surface area contributed by atoms with Gasteiger partial charge in [-0.1, -0.05) is 23.9 Å². The molecule has 1 aromatic heterocycles. The minimum Gasteiger partial charge on any atom is -0.296 e. The van der Waals surface area contributed by atoms with Crippen molar-refractivity contribution < 1.29 is 0 Å². The van der Waals surface area contributed by atoms with E-state index in [2.05, 4.69) is 15.4 Å². The number of nitrogens with zero attached hydrogens (tertiary/aromatic N) is 2. The lowest BCUT2D eigenvalue weighted by molar-refractivity contribution is 1.22. The molecule has 0 aliphatic carbocycles. The molecule has 15 heavy (non-hydrogen) atoms. The summed E-state index contributed by atoms with van der Waals surface area (Å²) in [6.45, 7) is 2.00. The van der Waals surface area contributed by atoms with Crippen molar-refractivity contribution in [1.82, 2.24) is 4.98 Å². The lowest BCUT2D eigenvalue weighted by Crippen LogP contribution is -1.82. The van der Waals surface area contributed by atoms with E-state index < -0.39 is 0 Å². The van der Waals surface area contributed by atoms with Crippen molar-refractivity contribution in [2.24, 2.45) is 4.99 Å². The van der Waals surface area contributed by atoms with Crippen LogP contribution in [0.15, 0.2) is 32.9 Å². The topological polar surface area (TPSA) is 25.2 Å². The third kappa shape index (κ3) is 3.64. The number of thioether (sulfide) groups is 1. The molecule has 0 unspecified atom stereocenters. The summed E-state index contributed by atoms with van der Waals surface area (Å²) in [5.74, 6) is 0. The smallest absolute Gasteiger partial charge is 0.150 e. The molecule has 0 aliphatic rings. The van der Waals surface area contributed by atoms with Crippen molar-refractivity contribution in [3.05, 3.63) is 29.3 Å². The Kier molecular flexibility index (Phi) is 5.36. The van der Waals surface area contributed by atoms with Crippen LogP contribution >= 0.6 is 23.1 Å². The maximum Gasteiger partial charge on any atom is 0.150 e. The van der Waals surface area contributed by atoms with E-state index in [4.69, 9.17) is 0 Å². The number of rotatable bonds is 4. The molecule has 0 saturated carbocycles. The van der Waals surface area contributed by atoms with E-state index >= 15 is 0 Å². The van der Waals surface area contributed by atoms with Gasteiger partial charge in [-0.05, 0) is 19.3 Å². The Morgan fingerprint density at radius 1 is 1.60 bits per heavy atom. The summed E-state index contributed by atoms with van der Waals surface area (Å²) in [4.78, 5) is 8.45. The Morgan fingerprint density at radius 3 is 2.93 bits per heavy atom. The molecule has 1 rings (SSSR count). The van der Waals surface area contributed by atoms with Gasteiger partial charge in [0, 0.05) is 24.2 Å². The molecule has 0 N–H and O–H groups in total. The minimum absolute atomic E-state index is 1.02. The third-order valence-corrected chi connectivity index (χ3v) is 3.57. The zero-order valence-corrected chi connectivity index (χ0v) is 10.7. The van der Waals surface area contributed by atoms with Gasteiger partial charge < -0.3 is 0 Å². The van der Waals surface area contributed by atoms with Gasteiger partial charge in [0.1, 0.15) is 4.34 Å². The van der Waals surface area contributed by atoms with Crippen LogP contribution in [-0.2, 0) is 0 Å². The Hall–Kier alpha value is -0.870. The first kappa shape index (κ1) is 12.2. The highest BCUT2D eigenvalue weighted by atomic mass is 32.2. The Balaban J connectivity index is 2.98. The number of allylic oxidation sites excluding steroid dienone is 4. The molecular formula is C11H14N2S2. The molecule has 0 atom stereocenters. The largest absolute Gasteiger partial charge is 0.296 e. The van der Waals surface area contributed by atoms with Crippen LogP contribution in [0.25, 0.3) is 5.57 Å². The number of hydrogen-bond donors (Lipinski definition) is 0. The van der Waals surface area contributed by atoms with E-state index in [0.717, 1.165) is 15.6 Å². The number of aliphatic imine (C=N–C) groups is 1. The molecule has 0 aliphatic heterocycles. The maximum absolute atomic E-state index is 4.50. The monoisotopic (exact) mass is 238 g/mol. The molecule has 2 nitrogen and oxygen atoms in total. The summed E-state index contributed by atoms with van der Waals surface area (Å²) in [7, 11) is 1.76. The van der Waals surface area contributed by atoms with Gasteiger partial charge in [0.15, 0.2) is 0 Å². The molecule has 1 heterocycles. The van der Waals surface area contributed by atoms with Gasteiger partial charge in [-0.3, -0.25) is 4.99 Å². The average molecular weight is 238 g/mol. The first-order valence-electron chi connectivity index (χ1n) is 4.56. The Labute approximate surface area is 98.9 Å². The summed E-state index contributed by atoms with van der Waals surface area (Å²) in [6.07, 6.45) is 9.84. The van der Waals surface area contributed by atoms with Crippen molar-refractivity contribution in [3.63, 3.8) is 0 Å². The van der Waals surface area contributed by atoms with E-state index in [1.54, 1.807) is 36.4 Å². The molecular weight excluding hydrogens is 224 g/mol. The van der Waals surface area contributed by atoms with Gasteiger partial charge >= 0.3 is 0 Å². The van der Waals surface area contributed by atoms with Crippen LogP contribution in [0.1, 0.15) is 12.6 Å². The standard InChI is InChI=1S/C11H14N2S2/c1-4-5-9(6-7-12-2)10-8-15-11(13-10)14-3/h4-8H,1-3H3/b5-4-,9-6+,12-7?. The fraction of sp³-hybridized carbons (Fsp3) is 0.273. The highest BCUT2D eigenvalue weighted by molar-refractivity contribution is 8.00. The average Bonchev–Trinajstić information content (AvgIpc) is 2.72. The zero-order chi connectivity index (χ0) is 11.1. The van der Waals surface area contributed by atoms with Gasteiger partial charge in [-0.15, -0.1) is 11.3 Å². The maximum atomic E-state index is 4.50. The molecule has 1 aromatic rings. The van der Waals surface area contributed by atoms with Crippen LogP contribution in [0.3, 0.4) is 0 Å². The van der Waals surface area contributed by atoms with Gasteiger partial charge in [0.25, 0.3) is 0 Å². The molecule has 0 aromatic carbocycles. The molecule has 0 fully saturated rings. The second-order valence-corrected chi connectivity index (χ2v) is 4.64. The minimum atomic E-state index is 1.02. The molecule has 0 bridgehead atoms. The third-order valence-electron chi connectivity index (χ3n) is 1.70. The first-order valence-corrected chi connectivity index (χ1v) is 6.67. The Morgan fingerprint density at radius 2 is 2.40 bits per heavy atom. The van der Waals surface area contributed by atoms with Crippen molar-refractivity contribution >= 4 is 34.9 Å². The van der Waals surface area contributed by atoms with Crippen molar-refractivity contribution in [2.45, 2.75) is 11.3 Å². The number of aromatic nitrogens is 1. The summed E-state index contributed by atoms with van der Waals surface area (Å²) >= 11 is 3.34. The van der Waals surface area contributed by atoms with Crippen molar-refractivity contribution in [2.75, 3.05) is 13.3 Å². The van der Waals surface area contributed by atoms with E-state index in [-0.39, 0.29) is 0 Å². The van der Waals surface area contributed by atoms with Crippen LogP contribution in [0, 0.1) is 0 Å². The lowest BCUT2D eigenvalue weighted by atomic mass is 10.2. The Bertz CT molecular complexity index is 389. The predicted molar refractivity (Wildman–Crippen MR) is 71.1 cm³/mol. The summed E-state index contributed by atoms with van der Waals surface area (Å²) in [5, 5.41) is 2.07. The van der Waals surface area contributed by atoms with Gasteiger partial charge in [0.2, 0.25) is 0 Å². The number of hydrogen-bond acceptors (Lipinski definition) is 4. The zero-order valence-electron chi connectivity index (χ0n) is 9.10. The second-order valence-electron chi connectivity index (χ2n) is 2.73. The van der Waals surface area contributed by atoms with Crippen molar-refractivity contribution in [3.8, 4) is 0 Å². The normalized spacial score (nSPS) is 13.1. The van der Waals surface area contributed by atoms with Gasteiger partial charge in [-0.25, -0.2) is 4.98 Å². The highest BCUT2D eigenvalue weighted by Crippen LogP contribution is 2.24. The van der Waals surface area contributed by atoms with E-state index in [1.165, 1.54) is 0 Å². The molecule has 80 valence electrons. The van der Waals surface area contributed by atoms with Crippen LogP contribution < -0.4 is 0 Å². The van der Waals surface area contributed by atoms with E-state index in [0.29, 0.717) is 0 Å². The van der Waals surface area contributed by atoms with Crippen LogP contribution in [0.5, 0.6) is 0 Å². The highest BCUT2D eigenvalue weighted by Gasteiger charge is 2.03. The first-order chi connectivity index (χ1) is 7.31. The van der Waals surface area contributed by atoms with Crippen LogP contribution in [0.2, 0.25) is 0 Å². The molecule has 4 heteroatoms. The SMILES string of the molecule is C/C=C\C(=C/C=NC)c1csc(SC)n1. The summed E-state index contributed by atoms with van der Waals surface area (Å²) in [6, 6.07) is 0. The lowest BCUT2D eigenvalue weighted by Gasteiger charge is -1.94.